The average Bonchev–Trinajstić information content (AvgIpc) is 4.22. The van der Waals surface area contributed by atoms with Crippen LogP contribution in [-0.4, -0.2) is 20.7 Å². The molecule has 0 radical (unpaired) electrons. The first-order valence-corrected chi connectivity index (χ1v) is 20.5. The van der Waals surface area contributed by atoms with Gasteiger partial charge in [-0.3, -0.25) is 0 Å². The van der Waals surface area contributed by atoms with E-state index in [9.17, 15) is 13.2 Å². The quantitative estimate of drug-likeness (QED) is 0.0874. The summed E-state index contributed by atoms with van der Waals surface area (Å²) < 4.78 is 232. The third kappa shape index (κ3) is 6.54. The van der Waals surface area contributed by atoms with Crippen LogP contribution in [0.25, 0.3) is 16.7 Å². The van der Waals surface area contributed by atoms with Crippen molar-refractivity contribution in [1.29, 1.82) is 0 Å². The molecule has 3 N–H and O–H groups in total. The van der Waals surface area contributed by atoms with Gasteiger partial charge in [-0.25, -0.2) is 70.8 Å². The summed E-state index contributed by atoms with van der Waals surface area (Å²) in [5.41, 5.74) is -11.8. The zero-order valence-electron chi connectivity index (χ0n) is 34.3. The number of halogens is 16. The monoisotopic (exact) mass is 996 g/mol. The molecule has 5 heterocycles. The minimum Gasteiger partial charge on any atom is -0.357 e. The van der Waals surface area contributed by atoms with Crippen molar-refractivity contribution in [2.75, 3.05) is 0 Å². The Bertz CT molecular complexity index is 3670. The van der Waals surface area contributed by atoms with Crippen LogP contribution in [0.2, 0.25) is 5.15 Å². The van der Waals surface area contributed by atoms with Crippen molar-refractivity contribution in [3.05, 3.63) is 262 Å². The third-order valence-electron chi connectivity index (χ3n) is 12.0. The fourth-order valence-corrected chi connectivity index (χ4v) is 9.15. The molecular weight excluding hydrogens is 977 g/mol. The predicted molar refractivity (Wildman–Crippen MR) is 224 cm³/mol. The van der Waals surface area contributed by atoms with E-state index in [1.54, 1.807) is 60.7 Å². The summed E-state index contributed by atoms with van der Waals surface area (Å²) in [5.74, 6) is -36.9. The van der Waals surface area contributed by atoms with E-state index in [-0.39, 0.29) is 11.4 Å². The second-order valence-electron chi connectivity index (χ2n) is 15.6. The van der Waals surface area contributed by atoms with Crippen LogP contribution in [0.15, 0.2) is 114 Å². The topological polar surface area (TPSA) is 59.7 Å². The van der Waals surface area contributed by atoms with Gasteiger partial charge in [-0.05, 0) is 53.6 Å². The number of rotatable bonds is 5. The molecule has 10 rings (SSSR count). The van der Waals surface area contributed by atoms with E-state index in [1.165, 1.54) is 6.07 Å². The molecule has 0 amide bonds. The van der Waals surface area contributed by atoms with E-state index in [0.29, 0.717) is 11.1 Å². The maximum absolute atomic E-state index is 16.2. The van der Waals surface area contributed by atoms with Crippen molar-refractivity contribution in [3.8, 4) is 0 Å². The molecule has 5 aromatic carbocycles. The highest BCUT2D eigenvalue weighted by atomic mass is 35.5. The number of aromatic nitrogens is 3. The minimum atomic E-state index is -2.62. The highest BCUT2D eigenvalue weighted by molar-refractivity contribution is 6.32. The van der Waals surface area contributed by atoms with Crippen molar-refractivity contribution in [2.45, 2.75) is 5.41 Å². The van der Waals surface area contributed by atoms with Gasteiger partial charge in [0.05, 0.1) is 28.1 Å². The summed E-state index contributed by atoms with van der Waals surface area (Å²) in [5, 5.41) is -2.00. The minimum absolute atomic E-state index is 0.0294. The third-order valence-corrected chi connectivity index (χ3v) is 12.3. The van der Waals surface area contributed by atoms with Crippen LogP contribution in [0.4, 0.5) is 65.9 Å². The SMILES string of the molecule is Fc1c(F)c(F)c(/C2=C3\C=CC(=N3)/C(c3c(F)c(F)c(F)c(F)c3F)=c3/cc/c([nH]3)=C(\c3c(F)c(F)c(F)c(F)c3F)c3cc([nH]c3Cl)C(c3ccccc3)(c3ccccc3)c3ccc2[nH]3)c(F)c1F. The number of nitrogens with zero attached hydrogens (tertiary/aromatic N) is 1. The van der Waals surface area contributed by atoms with Gasteiger partial charge < -0.3 is 15.0 Å². The second-order valence-corrected chi connectivity index (χ2v) is 16.0. The number of aromatic amines is 3. The summed E-state index contributed by atoms with van der Waals surface area (Å²) in [6, 6.07) is 21.2. The number of allylic oxidation sites excluding steroid dienone is 2. The molecule has 0 aliphatic carbocycles. The summed E-state index contributed by atoms with van der Waals surface area (Å²) in [6.07, 6.45) is 1.65. The number of aliphatic imine (C=N–C) groups is 1. The number of hydrogen-bond acceptors (Lipinski definition) is 1. The molecule has 20 heteroatoms. The van der Waals surface area contributed by atoms with E-state index in [4.69, 9.17) is 11.6 Å². The van der Waals surface area contributed by atoms with Gasteiger partial charge in [0.25, 0.3) is 0 Å². The van der Waals surface area contributed by atoms with E-state index in [1.807, 2.05) is 0 Å². The lowest BCUT2D eigenvalue weighted by Crippen LogP contribution is -2.32. The largest absolute Gasteiger partial charge is 0.357 e. The van der Waals surface area contributed by atoms with Gasteiger partial charge in [0.15, 0.2) is 69.8 Å². The molecule has 4 nitrogen and oxygen atoms in total. The first-order chi connectivity index (χ1) is 33.4. The van der Waals surface area contributed by atoms with Gasteiger partial charge >= 0.3 is 0 Å². The van der Waals surface area contributed by atoms with Crippen molar-refractivity contribution >= 4 is 34.0 Å². The Balaban J connectivity index is 1.47. The number of fused-ring (bicyclic) bond motifs is 7. The van der Waals surface area contributed by atoms with E-state index in [2.05, 4.69) is 19.9 Å². The molecule has 0 saturated carbocycles. The lowest BCUT2D eigenvalue weighted by molar-refractivity contribution is 0.376. The number of nitrogens with one attached hydrogen (secondary N) is 3. The molecule has 3 aromatic heterocycles. The van der Waals surface area contributed by atoms with Crippen LogP contribution < -0.4 is 10.7 Å². The molecule has 0 atom stereocenters. The van der Waals surface area contributed by atoms with Crippen molar-refractivity contribution < 1.29 is 65.9 Å². The Kier molecular flexibility index (Phi) is 10.9. The van der Waals surface area contributed by atoms with Gasteiger partial charge in [0.2, 0.25) is 17.5 Å². The summed E-state index contributed by atoms with van der Waals surface area (Å²) in [7, 11) is 0. The maximum Gasteiger partial charge on any atom is 0.200 e. The first-order valence-electron chi connectivity index (χ1n) is 20.1. The van der Waals surface area contributed by atoms with Gasteiger partial charge in [0.1, 0.15) is 10.6 Å². The zero-order chi connectivity index (χ0) is 49.8. The first kappa shape index (κ1) is 45.8. The predicted octanol–water partition coefficient (Wildman–Crippen LogP) is 12.0. The van der Waals surface area contributed by atoms with Crippen LogP contribution >= 0.6 is 11.6 Å². The molecule has 8 bridgehead atoms. The second kappa shape index (κ2) is 16.6. The van der Waals surface area contributed by atoms with Gasteiger partial charge in [-0.2, -0.15) is 0 Å². The van der Waals surface area contributed by atoms with Crippen molar-refractivity contribution in [2.24, 2.45) is 4.99 Å². The fourth-order valence-electron chi connectivity index (χ4n) is 8.90. The van der Waals surface area contributed by atoms with Gasteiger partial charge in [-0.1, -0.05) is 72.3 Å². The summed E-state index contributed by atoms with van der Waals surface area (Å²) in [4.78, 5) is 12.6. The molecule has 0 saturated heterocycles. The number of H-pyrrole nitrogens is 3. The molecule has 0 fully saturated rings. The average molecular weight is 997 g/mol. The smallest absolute Gasteiger partial charge is 0.200 e. The molecule has 8 aromatic rings. The molecule has 70 heavy (non-hydrogen) atoms. The Morgan fingerprint density at radius 1 is 0.386 bits per heavy atom. The van der Waals surface area contributed by atoms with Gasteiger partial charge in [-0.15, -0.1) is 0 Å². The van der Waals surface area contributed by atoms with E-state index < -0.39 is 165 Å². The van der Waals surface area contributed by atoms with Crippen LogP contribution in [0.1, 0.15) is 50.5 Å². The Morgan fingerprint density at radius 3 is 1.27 bits per heavy atom. The number of hydrogen-bond donors (Lipinski definition) is 3. The van der Waals surface area contributed by atoms with E-state index in [0.717, 1.165) is 36.4 Å². The molecule has 2 aliphatic heterocycles. The summed E-state index contributed by atoms with van der Waals surface area (Å²) >= 11 is 6.93. The van der Waals surface area contributed by atoms with E-state index >= 15 is 52.7 Å². The fraction of sp³-hybridized carbons (Fsp3) is 0.0200. The van der Waals surface area contributed by atoms with Crippen LogP contribution in [0.5, 0.6) is 0 Å². The maximum atomic E-state index is 16.2. The summed E-state index contributed by atoms with van der Waals surface area (Å²) in [6.45, 7) is 0. The Morgan fingerprint density at radius 2 is 0.800 bits per heavy atom. The van der Waals surface area contributed by atoms with Crippen molar-refractivity contribution in [3.63, 3.8) is 0 Å². The van der Waals surface area contributed by atoms with Crippen LogP contribution in [-0.2, 0) is 5.41 Å². The Hall–Kier alpha value is -7.93. The van der Waals surface area contributed by atoms with Crippen LogP contribution in [0, 0.1) is 87.3 Å². The normalized spacial score (nSPS) is 16.9. The highest BCUT2D eigenvalue weighted by Gasteiger charge is 2.43. The molecule has 0 unspecified atom stereocenters. The molecule has 0 spiro atoms. The number of benzene rings is 5. The van der Waals surface area contributed by atoms with Crippen LogP contribution in [0.3, 0.4) is 0 Å². The zero-order valence-corrected chi connectivity index (χ0v) is 35.1. The molecule has 352 valence electrons. The van der Waals surface area contributed by atoms with Gasteiger partial charge in [0, 0.05) is 50.1 Å². The molecule has 2 aliphatic rings. The molecular formula is C50H20ClF15N4. The lowest BCUT2D eigenvalue weighted by Gasteiger charge is -2.34. The highest BCUT2D eigenvalue weighted by Crippen LogP contribution is 2.48. The lowest BCUT2D eigenvalue weighted by atomic mass is 9.69. The standard InChI is InChI=1S/C50H20ClF15N4/c51-49-20-17-27(70-49)50(18-7-3-1-4-8-18,19-9-5-2-6-10-19)26-16-15-25(69-26)30(33-38(56)44(62)48(66)45(63)39(33)57)24-14-13-23(68-24)29(32-36(54)42(60)47(65)43(61)37(32)55)22-12-11-21(67-22)28(20)31-34(52)40(58)46(64)41(59)35(31)53/h1-17,67,69-70H/b28-21+,29-22+,30-24+. The Labute approximate surface area is 386 Å². The van der Waals surface area contributed by atoms with Crippen molar-refractivity contribution in [1.82, 2.24) is 15.0 Å².